The molecule has 1 aliphatic rings. The van der Waals surface area contributed by atoms with Gasteiger partial charge in [-0.3, -0.25) is 14.0 Å². The topological polar surface area (TPSA) is 158 Å². The number of halogens is 3. The lowest BCUT2D eigenvalue weighted by molar-refractivity contribution is -0.119. The molecule has 2 aromatic carbocycles. The minimum absolute atomic E-state index is 0.0336. The summed E-state index contributed by atoms with van der Waals surface area (Å²) in [6, 6.07) is 15.9. The van der Waals surface area contributed by atoms with Crippen molar-refractivity contribution in [2.24, 2.45) is 0 Å². The van der Waals surface area contributed by atoms with E-state index in [1.165, 1.54) is 22.6 Å². The number of pyridine rings is 2. The van der Waals surface area contributed by atoms with Crippen LogP contribution in [0.1, 0.15) is 24.0 Å². The van der Waals surface area contributed by atoms with Gasteiger partial charge in [0, 0.05) is 72.3 Å². The zero-order valence-corrected chi connectivity index (χ0v) is 29.6. The first kappa shape index (κ1) is 36.1. The van der Waals surface area contributed by atoms with Crippen molar-refractivity contribution < 1.29 is 24.5 Å². The number of hydrogen-bond acceptors (Lipinski definition) is 8. The quantitative estimate of drug-likeness (QED) is 0.114. The fourth-order valence-corrected chi connectivity index (χ4v) is 6.96. The fourth-order valence-electron chi connectivity index (χ4n) is 6.05. The van der Waals surface area contributed by atoms with Gasteiger partial charge in [-0.25, -0.2) is 14.8 Å². The highest BCUT2D eigenvalue weighted by Gasteiger charge is 2.27. The number of nitrogens with one attached hydrogen (secondary N) is 2. The molecule has 0 radical (unpaired) electrons. The number of carbonyl (C=O) groups excluding carboxylic acids is 1. The van der Waals surface area contributed by atoms with E-state index in [0.717, 1.165) is 5.56 Å². The first-order valence-corrected chi connectivity index (χ1v) is 17.1. The van der Waals surface area contributed by atoms with E-state index in [1.54, 1.807) is 30.5 Å². The first-order chi connectivity index (χ1) is 24.6. The number of nitrogens with zero attached hydrogens (tertiary/aromatic N) is 4. The van der Waals surface area contributed by atoms with Gasteiger partial charge in [-0.05, 0) is 30.2 Å². The van der Waals surface area contributed by atoms with E-state index in [2.05, 4.69) is 20.6 Å². The van der Waals surface area contributed by atoms with Crippen molar-refractivity contribution in [3.63, 3.8) is 0 Å². The van der Waals surface area contributed by atoms with E-state index in [4.69, 9.17) is 44.6 Å². The smallest absolute Gasteiger partial charge is 0.407 e. The predicted octanol–water partition coefficient (Wildman–Crippen LogP) is 5.90. The molecule has 1 fully saturated rings. The standard InChI is InChI=1S/C36H33Cl3N6O6/c1-51-34-27(19-44(36(49)50)18-22-8-9-31(47)42-22)28(37)15-29(43-34)26-7-3-6-25(33(26)39)24-5-2-4-23(32(24)38)20-10-12-45-30(14-20)41-17-21(35(45)48)16-40-11-13-46/h2-7,10,12,14-15,17,22,40,46H,8-9,11,13,16,18-19H2,1H3,(H,42,47)(H,49,50). The third-order valence-corrected chi connectivity index (χ3v) is 9.78. The van der Waals surface area contributed by atoms with Crippen molar-refractivity contribution in [1.82, 2.24) is 29.9 Å². The normalized spacial score (nSPS) is 14.1. The molecule has 5 aromatic rings. The second-order valence-corrected chi connectivity index (χ2v) is 13.1. The van der Waals surface area contributed by atoms with Crippen LogP contribution in [0.15, 0.2) is 71.8 Å². The number of fused-ring (bicyclic) bond motifs is 1. The van der Waals surface area contributed by atoms with Crippen LogP contribution in [0.3, 0.4) is 0 Å². The molecule has 1 unspecified atom stereocenters. The second-order valence-electron chi connectivity index (χ2n) is 11.9. The van der Waals surface area contributed by atoms with E-state index in [9.17, 15) is 19.5 Å². The molecule has 1 atom stereocenters. The third kappa shape index (κ3) is 7.65. The number of ether oxygens (including phenoxy) is 1. The van der Waals surface area contributed by atoms with E-state index in [0.29, 0.717) is 74.2 Å². The summed E-state index contributed by atoms with van der Waals surface area (Å²) in [5.74, 6) is 0.0278. The molecule has 264 valence electrons. The van der Waals surface area contributed by atoms with E-state index >= 15 is 0 Å². The Kier molecular flexibility index (Phi) is 11.1. The Balaban J connectivity index is 1.31. The largest absolute Gasteiger partial charge is 0.481 e. The van der Waals surface area contributed by atoms with E-state index in [-0.39, 0.29) is 54.7 Å². The Hall–Kier alpha value is -4.72. The Morgan fingerprint density at radius 2 is 1.76 bits per heavy atom. The maximum Gasteiger partial charge on any atom is 0.407 e. The third-order valence-electron chi connectivity index (χ3n) is 8.63. The molecular formula is C36H33Cl3N6O6. The van der Waals surface area contributed by atoms with Crippen molar-refractivity contribution in [2.75, 3.05) is 26.8 Å². The van der Waals surface area contributed by atoms with Crippen molar-refractivity contribution in [1.29, 1.82) is 0 Å². The Morgan fingerprint density at radius 1 is 1.06 bits per heavy atom. The lowest BCUT2D eigenvalue weighted by Crippen LogP contribution is -2.41. The molecule has 12 nitrogen and oxygen atoms in total. The van der Waals surface area contributed by atoms with Gasteiger partial charge in [-0.1, -0.05) is 71.2 Å². The Morgan fingerprint density at radius 3 is 2.43 bits per heavy atom. The lowest BCUT2D eigenvalue weighted by atomic mass is 9.97. The second kappa shape index (κ2) is 15.7. The number of rotatable bonds is 12. The number of carboxylic acid groups (broad SMARTS) is 1. The van der Waals surface area contributed by atoms with Crippen LogP contribution in [0.25, 0.3) is 39.2 Å². The molecule has 6 rings (SSSR count). The summed E-state index contributed by atoms with van der Waals surface area (Å²) in [4.78, 5) is 47.1. The van der Waals surface area contributed by atoms with Gasteiger partial charge in [0.15, 0.2) is 0 Å². The zero-order valence-electron chi connectivity index (χ0n) is 27.3. The van der Waals surface area contributed by atoms with Crippen molar-refractivity contribution in [3.05, 3.63) is 104 Å². The molecular weight excluding hydrogens is 719 g/mol. The highest BCUT2D eigenvalue weighted by atomic mass is 35.5. The summed E-state index contributed by atoms with van der Waals surface area (Å²) in [6.45, 7) is 0.610. The molecule has 0 spiro atoms. The molecule has 0 saturated carbocycles. The molecule has 51 heavy (non-hydrogen) atoms. The number of hydrogen-bond donors (Lipinski definition) is 4. The van der Waals surface area contributed by atoms with Crippen LogP contribution in [0, 0.1) is 0 Å². The number of amides is 2. The van der Waals surface area contributed by atoms with Crippen LogP contribution < -0.4 is 20.9 Å². The van der Waals surface area contributed by atoms with Gasteiger partial charge < -0.3 is 30.5 Å². The zero-order chi connectivity index (χ0) is 36.2. The number of aliphatic hydroxyl groups is 1. The number of aromatic nitrogens is 3. The van der Waals surface area contributed by atoms with Crippen molar-refractivity contribution in [3.8, 4) is 39.4 Å². The molecule has 4 heterocycles. The molecule has 1 saturated heterocycles. The highest BCUT2D eigenvalue weighted by molar-refractivity contribution is 6.39. The average molecular weight is 752 g/mol. The molecule has 4 N–H and O–H groups in total. The molecule has 0 aliphatic carbocycles. The number of aliphatic hydroxyl groups excluding tert-OH is 1. The van der Waals surface area contributed by atoms with Gasteiger partial charge >= 0.3 is 6.09 Å². The summed E-state index contributed by atoms with van der Waals surface area (Å²) in [5.41, 5.74) is 4.77. The average Bonchev–Trinajstić information content (AvgIpc) is 3.54. The molecule has 3 aromatic heterocycles. The van der Waals surface area contributed by atoms with Crippen molar-refractivity contribution >= 4 is 52.5 Å². The Bertz CT molecular complexity index is 2200. The van der Waals surface area contributed by atoms with Gasteiger partial charge in [0.05, 0.1) is 46.6 Å². The van der Waals surface area contributed by atoms with Crippen LogP contribution in [0.5, 0.6) is 5.88 Å². The van der Waals surface area contributed by atoms with Crippen LogP contribution in [0.4, 0.5) is 4.79 Å². The summed E-state index contributed by atoms with van der Waals surface area (Å²) < 4.78 is 7.03. The van der Waals surface area contributed by atoms with E-state index in [1.807, 2.05) is 30.3 Å². The van der Waals surface area contributed by atoms with Crippen LogP contribution in [-0.2, 0) is 17.9 Å². The minimum Gasteiger partial charge on any atom is -0.481 e. The predicted molar refractivity (Wildman–Crippen MR) is 196 cm³/mol. The fraction of sp³-hybridized carbons (Fsp3) is 0.250. The first-order valence-electron chi connectivity index (χ1n) is 16.0. The van der Waals surface area contributed by atoms with Crippen LogP contribution in [-0.4, -0.2) is 74.3 Å². The van der Waals surface area contributed by atoms with Gasteiger partial charge in [0.1, 0.15) is 5.65 Å². The molecule has 2 amide bonds. The highest BCUT2D eigenvalue weighted by Crippen LogP contribution is 2.43. The maximum absolute atomic E-state index is 13.0. The summed E-state index contributed by atoms with van der Waals surface area (Å²) in [7, 11) is 1.42. The SMILES string of the molecule is COc1nc(-c2cccc(-c3cccc(-c4ccn5c(=O)c(CNCCO)cnc5c4)c3Cl)c2Cl)cc(Cl)c1CN(CC1CCC(=O)N1)C(=O)O. The van der Waals surface area contributed by atoms with E-state index < -0.39 is 6.09 Å². The molecule has 1 aliphatic heterocycles. The summed E-state index contributed by atoms with van der Waals surface area (Å²) in [6.07, 6.45) is 2.90. The number of carbonyl (C=O) groups is 2. The summed E-state index contributed by atoms with van der Waals surface area (Å²) >= 11 is 20.9. The number of methoxy groups -OCH3 is 1. The minimum atomic E-state index is -1.17. The van der Waals surface area contributed by atoms with Gasteiger partial charge in [-0.15, -0.1) is 0 Å². The van der Waals surface area contributed by atoms with Crippen LogP contribution in [0.2, 0.25) is 15.1 Å². The molecule has 0 bridgehead atoms. The lowest BCUT2D eigenvalue weighted by Gasteiger charge is -2.24. The van der Waals surface area contributed by atoms with Gasteiger partial charge in [-0.2, -0.15) is 0 Å². The number of benzene rings is 2. The summed E-state index contributed by atoms with van der Waals surface area (Å²) in [5, 5.41) is 25.7. The van der Waals surface area contributed by atoms with Gasteiger partial charge in [0.25, 0.3) is 5.56 Å². The Labute approximate surface area is 307 Å². The van der Waals surface area contributed by atoms with Gasteiger partial charge in [0.2, 0.25) is 11.8 Å². The van der Waals surface area contributed by atoms with Crippen molar-refractivity contribution in [2.45, 2.75) is 32.0 Å². The van der Waals surface area contributed by atoms with Crippen LogP contribution >= 0.6 is 34.8 Å². The maximum atomic E-state index is 13.0. The monoisotopic (exact) mass is 750 g/mol. The molecule has 15 heteroatoms.